The molecule has 1 heterocycles. The Balaban J connectivity index is 1.54. The van der Waals surface area contributed by atoms with Gasteiger partial charge in [-0.3, -0.25) is 4.79 Å². The van der Waals surface area contributed by atoms with Gasteiger partial charge in [-0.2, -0.15) is 0 Å². The first-order valence-corrected chi connectivity index (χ1v) is 8.46. The minimum absolute atomic E-state index is 0.142. The summed E-state index contributed by atoms with van der Waals surface area (Å²) in [5, 5.41) is 16.6. The van der Waals surface area contributed by atoms with Crippen molar-refractivity contribution < 1.29 is 14.4 Å². The molecule has 1 unspecified atom stereocenters. The Morgan fingerprint density at radius 1 is 1.45 bits per heavy atom. The number of aliphatic hydroxyl groups excluding tert-OH is 1. The molecule has 1 saturated carbocycles. The number of hydrogen-bond donors (Lipinski definition) is 2. The molecule has 0 spiro atoms. The summed E-state index contributed by atoms with van der Waals surface area (Å²) < 4.78 is 5.15. The molecule has 2 N–H and O–H groups in total. The molecule has 1 fully saturated rings. The highest BCUT2D eigenvalue weighted by Gasteiger charge is 2.28. The molecule has 5 nitrogen and oxygen atoms in total. The van der Waals surface area contributed by atoms with Gasteiger partial charge in [-0.1, -0.05) is 17.3 Å². The average Bonchev–Trinajstić information content (AvgIpc) is 3.29. The molecule has 0 aliphatic heterocycles. The number of rotatable bonds is 6. The molecule has 22 heavy (non-hydrogen) atoms. The van der Waals surface area contributed by atoms with Gasteiger partial charge in [0, 0.05) is 23.4 Å². The van der Waals surface area contributed by atoms with Gasteiger partial charge in [0.1, 0.15) is 5.76 Å². The second-order valence-corrected chi connectivity index (χ2v) is 6.27. The fourth-order valence-corrected chi connectivity index (χ4v) is 2.59. The molecule has 116 valence electrons. The summed E-state index contributed by atoms with van der Waals surface area (Å²) in [4.78, 5) is 13.1. The third-order valence-electron chi connectivity index (χ3n) is 3.70. The second kappa shape index (κ2) is 6.54. The monoisotopic (exact) mass is 318 g/mol. The Kier molecular flexibility index (Phi) is 4.49. The third-order valence-corrected chi connectivity index (χ3v) is 4.44. The molecule has 2 aromatic rings. The van der Waals surface area contributed by atoms with Crippen molar-refractivity contribution in [2.24, 2.45) is 0 Å². The maximum Gasteiger partial charge on any atom is 0.273 e. The van der Waals surface area contributed by atoms with E-state index in [1.54, 1.807) is 17.8 Å². The lowest BCUT2D eigenvalue weighted by Crippen LogP contribution is -2.28. The van der Waals surface area contributed by atoms with Gasteiger partial charge in [0.15, 0.2) is 5.69 Å². The van der Waals surface area contributed by atoms with Crippen molar-refractivity contribution >= 4 is 17.7 Å². The summed E-state index contributed by atoms with van der Waals surface area (Å²) in [6, 6.07) is 9.32. The van der Waals surface area contributed by atoms with Crippen molar-refractivity contribution in [3.8, 4) is 0 Å². The van der Waals surface area contributed by atoms with Crippen molar-refractivity contribution in [3.05, 3.63) is 47.3 Å². The van der Waals surface area contributed by atoms with Gasteiger partial charge in [-0.05, 0) is 36.8 Å². The maximum absolute atomic E-state index is 12.0. The van der Waals surface area contributed by atoms with Crippen LogP contribution in [0.15, 0.2) is 39.8 Å². The molecule has 6 heteroatoms. The topological polar surface area (TPSA) is 75.4 Å². The van der Waals surface area contributed by atoms with Gasteiger partial charge >= 0.3 is 0 Å². The highest BCUT2D eigenvalue weighted by molar-refractivity contribution is 7.98. The van der Waals surface area contributed by atoms with Crippen LogP contribution in [0.5, 0.6) is 0 Å². The molecule has 3 rings (SSSR count). The van der Waals surface area contributed by atoms with E-state index in [4.69, 9.17) is 4.52 Å². The predicted octanol–water partition coefficient (Wildman–Crippen LogP) is 2.74. The quantitative estimate of drug-likeness (QED) is 0.801. The van der Waals surface area contributed by atoms with Crippen LogP contribution in [0.2, 0.25) is 0 Å². The van der Waals surface area contributed by atoms with Crippen LogP contribution in [0.25, 0.3) is 0 Å². The summed E-state index contributed by atoms with van der Waals surface area (Å²) >= 11 is 1.64. The van der Waals surface area contributed by atoms with Crippen LogP contribution in [0, 0.1) is 0 Å². The number of nitrogens with zero attached hydrogens (tertiary/aromatic N) is 1. The number of carbonyl (C=O) groups is 1. The lowest BCUT2D eigenvalue weighted by atomic mass is 10.1. The normalized spacial score (nSPS) is 15.5. The highest BCUT2D eigenvalue weighted by atomic mass is 32.2. The molecule has 0 bridgehead atoms. The summed E-state index contributed by atoms with van der Waals surface area (Å²) in [7, 11) is 0. The maximum atomic E-state index is 12.0. The highest BCUT2D eigenvalue weighted by Crippen LogP contribution is 2.40. The second-order valence-electron chi connectivity index (χ2n) is 5.39. The minimum atomic E-state index is -0.741. The zero-order chi connectivity index (χ0) is 15.5. The van der Waals surface area contributed by atoms with E-state index in [2.05, 4.69) is 10.5 Å². The van der Waals surface area contributed by atoms with E-state index in [0.717, 1.165) is 29.1 Å². The van der Waals surface area contributed by atoms with Gasteiger partial charge < -0.3 is 14.9 Å². The van der Waals surface area contributed by atoms with Crippen molar-refractivity contribution in [2.75, 3.05) is 12.8 Å². The van der Waals surface area contributed by atoms with E-state index in [1.165, 1.54) is 0 Å². The van der Waals surface area contributed by atoms with Crippen LogP contribution in [-0.4, -0.2) is 29.0 Å². The van der Waals surface area contributed by atoms with E-state index < -0.39 is 6.10 Å². The summed E-state index contributed by atoms with van der Waals surface area (Å²) in [6.45, 7) is 0.142. The lowest BCUT2D eigenvalue weighted by Gasteiger charge is -2.12. The number of hydrogen-bond acceptors (Lipinski definition) is 5. The van der Waals surface area contributed by atoms with Crippen LogP contribution in [0.1, 0.15) is 46.7 Å². The largest absolute Gasteiger partial charge is 0.387 e. The Labute approximate surface area is 133 Å². The molecule has 1 atom stereocenters. The molecule has 1 aliphatic carbocycles. The van der Waals surface area contributed by atoms with E-state index in [0.29, 0.717) is 5.92 Å². The van der Waals surface area contributed by atoms with Crippen molar-refractivity contribution in [1.82, 2.24) is 10.5 Å². The van der Waals surface area contributed by atoms with Crippen LogP contribution >= 0.6 is 11.8 Å². The molecule has 1 aliphatic rings. The Morgan fingerprint density at radius 2 is 2.18 bits per heavy atom. The first kappa shape index (κ1) is 15.1. The predicted molar refractivity (Wildman–Crippen MR) is 84.0 cm³/mol. The van der Waals surface area contributed by atoms with Crippen LogP contribution in [0.3, 0.4) is 0 Å². The number of nitrogens with one attached hydrogen (secondary N) is 1. The van der Waals surface area contributed by atoms with Crippen molar-refractivity contribution in [3.63, 3.8) is 0 Å². The first-order chi connectivity index (χ1) is 10.7. The lowest BCUT2D eigenvalue weighted by molar-refractivity contribution is 0.0907. The van der Waals surface area contributed by atoms with Gasteiger partial charge in [-0.25, -0.2) is 0 Å². The SMILES string of the molecule is CSc1ccc(C(O)CNC(=O)c2cc(C3CC3)on2)cc1. The number of aromatic nitrogens is 1. The van der Waals surface area contributed by atoms with Crippen LogP contribution < -0.4 is 5.32 Å². The van der Waals surface area contributed by atoms with Gasteiger partial charge in [0.2, 0.25) is 0 Å². The zero-order valence-electron chi connectivity index (χ0n) is 12.3. The Morgan fingerprint density at radius 3 is 2.82 bits per heavy atom. The molecule has 0 saturated heterocycles. The average molecular weight is 318 g/mol. The standard InChI is InChI=1S/C16H18N2O3S/c1-22-12-6-4-10(5-7-12)14(19)9-17-16(20)13-8-15(21-18-13)11-2-3-11/h4-8,11,14,19H,2-3,9H2,1H3,(H,17,20). The van der Waals surface area contributed by atoms with Gasteiger partial charge in [0.25, 0.3) is 5.91 Å². The smallest absolute Gasteiger partial charge is 0.273 e. The molecule has 1 aromatic heterocycles. The number of aliphatic hydroxyl groups is 1. The summed E-state index contributed by atoms with van der Waals surface area (Å²) in [6.07, 6.45) is 3.45. The third kappa shape index (κ3) is 3.51. The van der Waals surface area contributed by atoms with Crippen molar-refractivity contribution in [1.29, 1.82) is 0 Å². The number of amides is 1. The van der Waals surface area contributed by atoms with Crippen molar-refractivity contribution in [2.45, 2.75) is 29.8 Å². The summed E-state index contributed by atoms with van der Waals surface area (Å²) in [5.74, 6) is 0.878. The molecule has 0 radical (unpaired) electrons. The number of thioether (sulfide) groups is 1. The number of carbonyl (C=O) groups excluding carboxylic acids is 1. The molecular formula is C16H18N2O3S. The van der Waals surface area contributed by atoms with E-state index in [9.17, 15) is 9.90 Å². The summed E-state index contributed by atoms with van der Waals surface area (Å²) in [5.41, 5.74) is 1.05. The van der Waals surface area contributed by atoms with E-state index in [-0.39, 0.29) is 18.1 Å². The van der Waals surface area contributed by atoms with Gasteiger partial charge in [-0.15, -0.1) is 11.8 Å². The minimum Gasteiger partial charge on any atom is -0.387 e. The molecule has 1 aromatic carbocycles. The Bertz CT molecular complexity index is 650. The first-order valence-electron chi connectivity index (χ1n) is 7.24. The fourth-order valence-electron chi connectivity index (χ4n) is 2.18. The van der Waals surface area contributed by atoms with Gasteiger partial charge in [0.05, 0.1) is 6.10 Å². The fraction of sp³-hybridized carbons (Fsp3) is 0.375. The van der Waals surface area contributed by atoms with Crippen LogP contribution in [0.4, 0.5) is 0 Å². The molecular weight excluding hydrogens is 300 g/mol. The zero-order valence-corrected chi connectivity index (χ0v) is 13.1. The molecule has 1 amide bonds. The number of benzene rings is 1. The van der Waals surface area contributed by atoms with E-state index >= 15 is 0 Å². The Hall–Kier alpha value is -1.79. The van der Waals surface area contributed by atoms with Crippen LogP contribution in [-0.2, 0) is 0 Å². The van der Waals surface area contributed by atoms with E-state index in [1.807, 2.05) is 30.5 Å².